The van der Waals surface area contributed by atoms with Crippen LogP contribution < -0.4 is 20.7 Å². The Morgan fingerprint density at radius 3 is 2.50 bits per heavy atom. The van der Waals surface area contributed by atoms with E-state index < -0.39 is 26.5 Å². The van der Waals surface area contributed by atoms with Gasteiger partial charge in [0.1, 0.15) is 11.2 Å². The molecule has 1 saturated heterocycles. The monoisotopic (exact) mass is 449 g/mol. The Labute approximate surface area is 179 Å². The maximum atomic E-state index is 12.8. The first-order valence-electron chi connectivity index (χ1n) is 9.37. The van der Waals surface area contributed by atoms with Crippen LogP contribution in [0, 0.1) is 0 Å². The Bertz CT molecular complexity index is 981. The van der Waals surface area contributed by atoms with Gasteiger partial charge in [0, 0.05) is 12.2 Å². The minimum absolute atomic E-state index is 0.0423. The van der Waals surface area contributed by atoms with Gasteiger partial charge >= 0.3 is 0 Å². The van der Waals surface area contributed by atoms with Gasteiger partial charge in [0.25, 0.3) is 0 Å². The maximum Gasteiger partial charge on any atom is 0.241 e. The molecular weight excluding hydrogens is 426 g/mol. The van der Waals surface area contributed by atoms with E-state index in [2.05, 4.69) is 16.0 Å². The SMILES string of the molecule is CCOc1ccc(S(=O)(=O)C2CNC(SCC(=O)Nc3ccccc3)NC2=O)cc1. The predicted octanol–water partition coefficient (Wildman–Crippen LogP) is 1.60. The lowest BCUT2D eigenvalue weighted by Crippen LogP contribution is -2.59. The second-order valence-electron chi connectivity index (χ2n) is 6.46. The van der Waals surface area contributed by atoms with Gasteiger partial charge in [-0.15, -0.1) is 11.8 Å². The number of hydrogen-bond acceptors (Lipinski definition) is 7. The standard InChI is InChI=1S/C20H23N3O5S2/c1-2-28-15-8-10-16(11-9-15)30(26,27)17-12-21-20(23-19(17)25)29-13-18(24)22-14-6-4-3-5-7-14/h3-11,17,20-21H,2,12-13H2,1H3,(H,22,24)(H,23,25). The molecule has 0 saturated carbocycles. The largest absolute Gasteiger partial charge is 0.494 e. The van der Waals surface area contributed by atoms with E-state index in [9.17, 15) is 18.0 Å². The number of anilines is 1. The summed E-state index contributed by atoms with van der Waals surface area (Å²) in [5.74, 6) is -0.147. The lowest BCUT2D eigenvalue weighted by Gasteiger charge is -2.29. The topological polar surface area (TPSA) is 114 Å². The highest BCUT2D eigenvalue weighted by Crippen LogP contribution is 2.22. The van der Waals surface area contributed by atoms with Gasteiger partial charge in [0.15, 0.2) is 15.1 Å². The molecule has 2 aromatic rings. The number of thioether (sulfide) groups is 1. The molecule has 0 radical (unpaired) electrons. The second kappa shape index (κ2) is 9.96. The van der Waals surface area contributed by atoms with E-state index >= 15 is 0 Å². The molecule has 3 rings (SSSR count). The summed E-state index contributed by atoms with van der Waals surface area (Å²) in [5.41, 5.74) is 0.135. The van der Waals surface area contributed by atoms with Crippen LogP contribution in [0.2, 0.25) is 0 Å². The molecule has 1 aliphatic heterocycles. The molecule has 2 unspecified atom stereocenters. The van der Waals surface area contributed by atoms with Gasteiger partial charge in [0.2, 0.25) is 11.8 Å². The van der Waals surface area contributed by atoms with Crippen molar-refractivity contribution in [3.8, 4) is 5.75 Å². The summed E-state index contributed by atoms with van der Waals surface area (Å²) in [6.07, 6.45) is 0. The van der Waals surface area contributed by atoms with Crippen LogP contribution >= 0.6 is 11.8 Å². The normalized spacial score (nSPS) is 19.0. The second-order valence-corrected chi connectivity index (χ2v) is 9.68. The summed E-state index contributed by atoms with van der Waals surface area (Å²) in [6, 6.07) is 15.0. The summed E-state index contributed by atoms with van der Waals surface area (Å²) in [7, 11) is -3.86. The highest BCUT2D eigenvalue weighted by molar-refractivity contribution is 8.00. The number of benzene rings is 2. The lowest BCUT2D eigenvalue weighted by atomic mass is 10.3. The average Bonchev–Trinajstić information content (AvgIpc) is 2.73. The highest BCUT2D eigenvalue weighted by Gasteiger charge is 2.38. The van der Waals surface area contributed by atoms with Crippen molar-refractivity contribution < 1.29 is 22.7 Å². The molecule has 10 heteroatoms. The van der Waals surface area contributed by atoms with Crippen molar-refractivity contribution in [1.29, 1.82) is 0 Å². The summed E-state index contributed by atoms with van der Waals surface area (Å²) >= 11 is 1.18. The molecule has 2 atom stereocenters. The van der Waals surface area contributed by atoms with Crippen molar-refractivity contribution in [2.24, 2.45) is 0 Å². The quantitative estimate of drug-likeness (QED) is 0.561. The Morgan fingerprint density at radius 1 is 1.17 bits per heavy atom. The first kappa shape index (κ1) is 22.1. The minimum atomic E-state index is -3.86. The highest BCUT2D eigenvalue weighted by atomic mass is 32.2. The first-order valence-corrected chi connectivity index (χ1v) is 12.0. The third-order valence-corrected chi connectivity index (χ3v) is 7.44. The van der Waals surface area contributed by atoms with Crippen molar-refractivity contribution in [2.45, 2.75) is 22.6 Å². The van der Waals surface area contributed by atoms with Gasteiger partial charge in [0.05, 0.1) is 17.3 Å². The molecule has 1 fully saturated rings. The number of ether oxygens (including phenoxy) is 1. The molecule has 0 aliphatic carbocycles. The van der Waals surface area contributed by atoms with Crippen molar-refractivity contribution in [1.82, 2.24) is 10.6 Å². The third kappa shape index (κ3) is 5.53. The Hall–Kier alpha value is -2.56. The molecule has 3 N–H and O–H groups in total. The predicted molar refractivity (Wildman–Crippen MR) is 116 cm³/mol. The van der Waals surface area contributed by atoms with Gasteiger partial charge < -0.3 is 15.4 Å². The van der Waals surface area contributed by atoms with Crippen LogP contribution in [0.1, 0.15) is 6.92 Å². The number of rotatable bonds is 8. The molecule has 0 spiro atoms. The van der Waals surface area contributed by atoms with E-state index in [1.165, 1.54) is 23.9 Å². The Kier molecular flexibility index (Phi) is 7.35. The van der Waals surface area contributed by atoms with Crippen LogP contribution in [0.5, 0.6) is 5.75 Å². The summed E-state index contributed by atoms with van der Waals surface area (Å²) in [6.45, 7) is 2.27. The van der Waals surface area contributed by atoms with Crippen molar-refractivity contribution in [3.63, 3.8) is 0 Å². The fourth-order valence-corrected chi connectivity index (χ4v) is 5.18. The number of sulfone groups is 1. The molecule has 2 aromatic carbocycles. The Balaban J connectivity index is 1.54. The van der Waals surface area contributed by atoms with Gasteiger partial charge in [-0.2, -0.15) is 0 Å². The molecule has 160 valence electrons. The van der Waals surface area contributed by atoms with Gasteiger partial charge in [-0.25, -0.2) is 8.42 Å². The fourth-order valence-electron chi connectivity index (χ4n) is 2.87. The molecule has 30 heavy (non-hydrogen) atoms. The van der Waals surface area contributed by atoms with Crippen LogP contribution in [-0.4, -0.2) is 49.9 Å². The molecule has 2 amide bonds. The van der Waals surface area contributed by atoms with E-state index in [0.29, 0.717) is 18.0 Å². The fraction of sp³-hybridized carbons (Fsp3) is 0.300. The molecular formula is C20H23N3O5S2. The number of amides is 2. The molecule has 0 bridgehead atoms. The zero-order valence-electron chi connectivity index (χ0n) is 16.3. The van der Waals surface area contributed by atoms with Crippen molar-refractivity contribution >= 4 is 39.1 Å². The van der Waals surface area contributed by atoms with Crippen molar-refractivity contribution in [2.75, 3.05) is 24.2 Å². The van der Waals surface area contributed by atoms with E-state index in [1.54, 1.807) is 24.3 Å². The van der Waals surface area contributed by atoms with Gasteiger partial charge in [-0.1, -0.05) is 18.2 Å². The zero-order valence-corrected chi connectivity index (χ0v) is 18.0. The number of nitrogens with one attached hydrogen (secondary N) is 3. The van der Waals surface area contributed by atoms with Crippen LogP contribution in [0.3, 0.4) is 0 Å². The van der Waals surface area contributed by atoms with E-state index in [1.807, 2.05) is 25.1 Å². The number of carbonyl (C=O) groups excluding carboxylic acids is 2. The summed E-state index contributed by atoms with van der Waals surface area (Å²) in [5, 5.41) is 7.11. The van der Waals surface area contributed by atoms with Crippen LogP contribution in [-0.2, 0) is 19.4 Å². The number of hydrogen-bond donors (Lipinski definition) is 3. The zero-order chi connectivity index (χ0) is 21.6. The summed E-state index contributed by atoms with van der Waals surface area (Å²) < 4.78 is 31.0. The number of para-hydroxylation sites is 1. The van der Waals surface area contributed by atoms with Crippen LogP contribution in [0.15, 0.2) is 59.5 Å². The number of carbonyl (C=O) groups is 2. The van der Waals surface area contributed by atoms with Crippen LogP contribution in [0.25, 0.3) is 0 Å². The molecule has 1 heterocycles. The molecule has 8 nitrogen and oxygen atoms in total. The van der Waals surface area contributed by atoms with Gasteiger partial charge in [-0.05, 0) is 43.3 Å². The minimum Gasteiger partial charge on any atom is -0.494 e. The summed E-state index contributed by atoms with van der Waals surface area (Å²) in [4.78, 5) is 24.6. The van der Waals surface area contributed by atoms with E-state index in [0.717, 1.165) is 0 Å². The smallest absolute Gasteiger partial charge is 0.241 e. The molecule has 1 aliphatic rings. The lowest BCUT2D eigenvalue weighted by molar-refractivity contribution is -0.122. The average molecular weight is 450 g/mol. The third-order valence-electron chi connectivity index (χ3n) is 4.33. The van der Waals surface area contributed by atoms with E-state index in [4.69, 9.17) is 4.74 Å². The van der Waals surface area contributed by atoms with Gasteiger partial charge in [-0.3, -0.25) is 14.9 Å². The van der Waals surface area contributed by atoms with Crippen LogP contribution in [0.4, 0.5) is 5.69 Å². The maximum absolute atomic E-state index is 12.8. The van der Waals surface area contributed by atoms with Crippen molar-refractivity contribution in [3.05, 3.63) is 54.6 Å². The first-order chi connectivity index (χ1) is 14.4. The molecule has 0 aromatic heterocycles. The van der Waals surface area contributed by atoms with E-state index in [-0.39, 0.29) is 23.1 Å². The Morgan fingerprint density at radius 2 is 1.87 bits per heavy atom.